The summed E-state index contributed by atoms with van der Waals surface area (Å²) in [6.07, 6.45) is 2.69. The number of anilines is 2. The summed E-state index contributed by atoms with van der Waals surface area (Å²) >= 11 is 0. The second kappa shape index (κ2) is 5.47. The van der Waals surface area contributed by atoms with Crippen LogP contribution in [-0.2, 0) is 18.2 Å². The molecule has 0 aromatic carbocycles. The average molecular weight is 261 g/mol. The van der Waals surface area contributed by atoms with E-state index in [2.05, 4.69) is 25.3 Å². The van der Waals surface area contributed by atoms with E-state index in [1.165, 1.54) is 7.11 Å². The summed E-state index contributed by atoms with van der Waals surface area (Å²) in [6.45, 7) is 2.03. The van der Waals surface area contributed by atoms with Crippen molar-refractivity contribution in [3.05, 3.63) is 29.7 Å². The lowest BCUT2D eigenvalue weighted by Crippen LogP contribution is -2.06. The number of nitrogens with zero attached hydrogens (tertiary/aromatic N) is 4. The molecule has 0 aliphatic rings. The standard InChI is InChI=1S/C12H15N5O2/c1-4-8-10(7-17(2)16-8)13-11-6-5-9(14-15-11)12(18)19-3/h5-7H,4H2,1-3H3,(H,13,15). The molecule has 2 aromatic rings. The van der Waals surface area contributed by atoms with Crippen molar-refractivity contribution in [2.75, 3.05) is 12.4 Å². The first-order valence-electron chi connectivity index (χ1n) is 5.85. The van der Waals surface area contributed by atoms with E-state index >= 15 is 0 Å². The van der Waals surface area contributed by atoms with Gasteiger partial charge in [0.25, 0.3) is 0 Å². The quantitative estimate of drug-likeness (QED) is 0.835. The second-order valence-electron chi connectivity index (χ2n) is 3.94. The zero-order chi connectivity index (χ0) is 13.8. The van der Waals surface area contributed by atoms with Crippen LogP contribution < -0.4 is 5.32 Å². The molecule has 0 bridgehead atoms. The number of methoxy groups -OCH3 is 1. The minimum atomic E-state index is -0.505. The number of carbonyl (C=O) groups is 1. The largest absolute Gasteiger partial charge is 0.464 e. The predicted molar refractivity (Wildman–Crippen MR) is 69.2 cm³/mol. The van der Waals surface area contributed by atoms with Gasteiger partial charge < -0.3 is 10.1 Å². The van der Waals surface area contributed by atoms with Crippen LogP contribution in [0.5, 0.6) is 0 Å². The number of rotatable bonds is 4. The van der Waals surface area contributed by atoms with Crippen molar-refractivity contribution < 1.29 is 9.53 Å². The van der Waals surface area contributed by atoms with Crippen molar-refractivity contribution in [3.63, 3.8) is 0 Å². The number of esters is 1. The Kier molecular flexibility index (Phi) is 3.74. The van der Waals surface area contributed by atoms with Crippen LogP contribution in [0.1, 0.15) is 23.1 Å². The summed E-state index contributed by atoms with van der Waals surface area (Å²) in [4.78, 5) is 11.2. The highest BCUT2D eigenvalue weighted by Crippen LogP contribution is 2.18. The molecule has 0 aliphatic heterocycles. The molecule has 2 aromatic heterocycles. The van der Waals surface area contributed by atoms with Crippen LogP contribution in [0.3, 0.4) is 0 Å². The summed E-state index contributed by atoms with van der Waals surface area (Å²) in [5, 5.41) is 15.2. The van der Waals surface area contributed by atoms with Gasteiger partial charge in [0.05, 0.1) is 18.5 Å². The van der Waals surface area contributed by atoms with Crippen LogP contribution in [0, 0.1) is 0 Å². The van der Waals surface area contributed by atoms with Crippen LogP contribution in [0.25, 0.3) is 0 Å². The van der Waals surface area contributed by atoms with Crippen LogP contribution in [0.4, 0.5) is 11.5 Å². The van der Waals surface area contributed by atoms with E-state index in [1.54, 1.807) is 16.8 Å². The maximum atomic E-state index is 11.2. The monoisotopic (exact) mass is 261 g/mol. The van der Waals surface area contributed by atoms with Crippen LogP contribution in [0.15, 0.2) is 18.3 Å². The molecule has 7 heteroatoms. The average Bonchev–Trinajstić information content (AvgIpc) is 2.78. The number of aryl methyl sites for hydroxylation is 2. The minimum absolute atomic E-state index is 0.176. The molecule has 2 rings (SSSR count). The number of ether oxygens (including phenoxy) is 1. The third-order valence-electron chi connectivity index (χ3n) is 2.56. The summed E-state index contributed by atoms with van der Waals surface area (Å²) in [5.41, 5.74) is 2.00. The molecule has 0 saturated heterocycles. The smallest absolute Gasteiger partial charge is 0.358 e. The number of aromatic nitrogens is 4. The van der Waals surface area contributed by atoms with Gasteiger partial charge in [-0.2, -0.15) is 5.10 Å². The second-order valence-corrected chi connectivity index (χ2v) is 3.94. The molecular weight excluding hydrogens is 246 g/mol. The molecule has 0 radical (unpaired) electrons. The summed E-state index contributed by atoms with van der Waals surface area (Å²) in [6, 6.07) is 3.23. The zero-order valence-corrected chi connectivity index (χ0v) is 11.0. The Bertz CT molecular complexity index is 576. The van der Waals surface area contributed by atoms with E-state index in [4.69, 9.17) is 0 Å². The van der Waals surface area contributed by atoms with Crippen LogP contribution in [-0.4, -0.2) is 33.1 Å². The molecule has 7 nitrogen and oxygen atoms in total. The normalized spacial score (nSPS) is 10.3. The zero-order valence-electron chi connectivity index (χ0n) is 11.0. The first kappa shape index (κ1) is 13.0. The van der Waals surface area contributed by atoms with E-state index in [0.717, 1.165) is 17.8 Å². The number of carbonyl (C=O) groups excluding carboxylic acids is 1. The summed E-state index contributed by atoms with van der Waals surface area (Å²) < 4.78 is 6.29. The van der Waals surface area contributed by atoms with Crippen molar-refractivity contribution in [2.24, 2.45) is 7.05 Å². The first-order chi connectivity index (χ1) is 9.13. The molecular formula is C12H15N5O2. The Labute approximate surface area is 110 Å². The third kappa shape index (κ3) is 2.87. The third-order valence-corrected chi connectivity index (χ3v) is 2.56. The van der Waals surface area contributed by atoms with Gasteiger partial charge in [0.2, 0.25) is 0 Å². The highest BCUT2D eigenvalue weighted by atomic mass is 16.5. The molecule has 2 heterocycles. The molecule has 1 N–H and O–H groups in total. The Morgan fingerprint density at radius 1 is 1.42 bits per heavy atom. The van der Waals surface area contributed by atoms with E-state index < -0.39 is 5.97 Å². The Hall–Kier alpha value is -2.44. The first-order valence-corrected chi connectivity index (χ1v) is 5.85. The highest BCUT2D eigenvalue weighted by molar-refractivity contribution is 5.87. The van der Waals surface area contributed by atoms with Crippen LogP contribution in [0.2, 0.25) is 0 Å². The topological polar surface area (TPSA) is 81.9 Å². The fourth-order valence-corrected chi connectivity index (χ4v) is 1.65. The van der Waals surface area contributed by atoms with E-state index in [0.29, 0.717) is 5.82 Å². The van der Waals surface area contributed by atoms with Crippen molar-refractivity contribution >= 4 is 17.5 Å². The minimum Gasteiger partial charge on any atom is -0.464 e. The fourth-order valence-electron chi connectivity index (χ4n) is 1.65. The number of hydrogen-bond donors (Lipinski definition) is 1. The number of hydrogen-bond acceptors (Lipinski definition) is 6. The molecule has 0 unspecified atom stereocenters. The van der Waals surface area contributed by atoms with Crippen molar-refractivity contribution in [1.29, 1.82) is 0 Å². The molecule has 0 fully saturated rings. The summed E-state index contributed by atoms with van der Waals surface area (Å²) in [7, 11) is 3.16. The lowest BCUT2D eigenvalue weighted by molar-refractivity contribution is 0.0593. The van der Waals surface area contributed by atoms with E-state index in [9.17, 15) is 4.79 Å². The van der Waals surface area contributed by atoms with Crippen LogP contribution >= 0.6 is 0 Å². The summed E-state index contributed by atoms with van der Waals surface area (Å²) in [5.74, 6) is 0.0463. The molecule has 19 heavy (non-hydrogen) atoms. The molecule has 0 spiro atoms. The van der Waals surface area contributed by atoms with Gasteiger partial charge in [0.1, 0.15) is 0 Å². The lowest BCUT2D eigenvalue weighted by Gasteiger charge is -2.04. The Balaban J connectivity index is 2.17. The van der Waals surface area contributed by atoms with Gasteiger partial charge in [-0.1, -0.05) is 6.92 Å². The fraction of sp³-hybridized carbons (Fsp3) is 0.333. The predicted octanol–water partition coefficient (Wildman–Crippen LogP) is 1.30. The lowest BCUT2D eigenvalue weighted by atomic mass is 10.3. The van der Waals surface area contributed by atoms with Crippen molar-refractivity contribution in [3.8, 4) is 0 Å². The van der Waals surface area contributed by atoms with Gasteiger partial charge in [-0.05, 0) is 18.6 Å². The molecule has 0 saturated carbocycles. The van der Waals surface area contributed by atoms with Gasteiger partial charge in [-0.25, -0.2) is 4.79 Å². The maximum absolute atomic E-state index is 11.2. The molecule has 0 atom stereocenters. The van der Waals surface area contributed by atoms with E-state index in [-0.39, 0.29) is 5.69 Å². The van der Waals surface area contributed by atoms with Gasteiger partial charge in [-0.3, -0.25) is 4.68 Å². The van der Waals surface area contributed by atoms with Gasteiger partial charge in [0.15, 0.2) is 11.5 Å². The van der Waals surface area contributed by atoms with E-state index in [1.807, 2.05) is 20.2 Å². The number of nitrogens with one attached hydrogen (secondary N) is 1. The van der Waals surface area contributed by atoms with Gasteiger partial charge >= 0.3 is 5.97 Å². The Morgan fingerprint density at radius 3 is 2.79 bits per heavy atom. The molecule has 100 valence electrons. The maximum Gasteiger partial charge on any atom is 0.358 e. The SMILES string of the molecule is CCc1nn(C)cc1Nc1ccc(C(=O)OC)nn1. The molecule has 0 aliphatic carbocycles. The van der Waals surface area contributed by atoms with Gasteiger partial charge in [-0.15, -0.1) is 10.2 Å². The highest BCUT2D eigenvalue weighted by Gasteiger charge is 2.10. The molecule has 0 amide bonds. The van der Waals surface area contributed by atoms with Gasteiger partial charge in [0, 0.05) is 13.2 Å². The van der Waals surface area contributed by atoms with Crippen molar-refractivity contribution in [2.45, 2.75) is 13.3 Å². The van der Waals surface area contributed by atoms with Crippen molar-refractivity contribution in [1.82, 2.24) is 20.0 Å². The Morgan fingerprint density at radius 2 is 2.21 bits per heavy atom.